The van der Waals surface area contributed by atoms with Gasteiger partial charge in [0.25, 0.3) is 5.91 Å². The third kappa shape index (κ3) is 3.87. The topological polar surface area (TPSA) is 54.9 Å². The largest absolute Gasteiger partial charge is 0.296 e. The summed E-state index contributed by atoms with van der Waals surface area (Å²) in [4.78, 5) is 13.5. The molecule has 0 aliphatic heterocycles. The van der Waals surface area contributed by atoms with Crippen LogP contribution in [0.5, 0.6) is 0 Å². The first-order valence-electron chi connectivity index (χ1n) is 7.38. The third-order valence-electron chi connectivity index (χ3n) is 3.69. The highest BCUT2D eigenvalue weighted by atomic mass is 32.2. The third-order valence-corrected chi connectivity index (χ3v) is 5.41. The van der Waals surface area contributed by atoms with Gasteiger partial charge in [-0.15, -0.1) is 22.0 Å². The minimum atomic E-state index is -0.124. The van der Waals surface area contributed by atoms with Crippen molar-refractivity contribution >= 4 is 34.1 Å². The first-order chi connectivity index (χ1) is 10.6. The number of thioether (sulfide) groups is 1. The second-order valence-electron chi connectivity index (χ2n) is 5.09. The van der Waals surface area contributed by atoms with Gasteiger partial charge in [0, 0.05) is 16.4 Å². The second-order valence-corrected chi connectivity index (χ2v) is 6.98. The molecule has 0 aliphatic rings. The lowest BCUT2D eigenvalue weighted by Crippen LogP contribution is -2.13. The zero-order valence-corrected chi connectivity index (χ0v) is 15.0. The summed E-state index contributed by atoms with van der Waals surface area (Å²) >= 11 is 3.09. The van der Waals surface area contributed by atoms with E-state index in [-0.39, 0.29) is 5.91 Å². The van der Waals surface area contributed by atoms with Crippen LogP contribution in [-0.4, -0.2) is 22.4 Å². The molecule has 1 heterocycles. The van der Waals surface area contributed by atoms with Gasteiger partial charge in [-0.05, 0) is 43.7 Å². The number of rotatable bonds is 6. The summed E-state index contributed by atoms with van der Waals surface area (Å²) in [6.45, 7) is 6.23. The van der Waals surface area contributed by atoms with Crippen molar-refractivity contribution in [3.63, 3.8) is 0 Å². The molecule has 1 N–H and O–H groups in total. The van der Waals surface area contributed by atoms with Gasteiger partial charge in [-0.3, -0.25) is 10.1 Å². The molecule has 0 saturated carbocycles. The predicted molar refractivity (Wildman–Crippen MR) is 94.1 cm³/mol. The molecule has 0 radical (unpaired) electrons. The summed E-state index contributed by atoms with van der Waals surface area (Å²) in [5.41, 5.74) is 1.64. The summed E-state index contributed by atoms with van der Waals surface area (Å²) in [5, 5.41) is 12.7. The fraction of sp³-hybridized carbons (Fsp3) is 0.438. The average Bonchev–Trinajstić information content (AvgIpc) is 2.97. The number of amides is 1. The number of hydrogen-bond donors (Lipinski definition) is 1. The van der Waals surface area contributed by atoms with E-state index in [9.17, 15) is 4.79 Å². The van der Waals surface area contributed by atoms with E-state index < -0.39 is 0 Å². The molecular formula is C16H21N3OS2. The summed E-state index contributed by atoms with van der Waals surface area (Å²) < 4.78 is 0. The number of nitrogens with zero attached hydrogens (tertiary/aromatic N) is 2. The van der Waals surface area contributed by atoms with Crippen LogP contribution in [0.25, 0.3) is 0 Å². The van der Waals surface area contributed by atoms with Crippen LogP contribution in [0.15, 0.2) is 23.1 Å². The van der Waals surface area contributed by atoms with Crippen LogP contribution in [0.1, 0.15) is 53.5 Å². The Labute approximate surface area is 139 Å². The number of nitrogens with one attached hydrogen (secondary N) is 1. The molecule has 22 heavy (non-hydrogen) atoms. The van der Waals surface area contributed by atoms with Crippen molar-refractivity contribution in [2.24, 2.45) is 0 Å². The van der Waals surface area contributed by atoms with E-state index in [4.69, 9.17) is 0 Å². The molecule has 6 heteroatoms. The Kier molecular flexibility index (Phi) is 5.97. The SMILES string of the molecule is CCC(CC)c1nnc(NC(=O)c2cc(SC)ccc2C)s1. The Morgan fingerprint density at radius 3 is 2.68 bits per heavy atom. The maximum absolute atomic E-state index is 12.4. The van der Waals surface area contributed by atoms with Gasteiger partial charge in [-0.1, -0.05) is 31.3 Å². The van der Waals surface area contributed by atoms with Crippen molar-refractivity contribution in [1.82, 2.24) is 10.2 Å². The molecule has 2 rings (SSSR count). The fourth-order valence-corrected chi connectivity index (χ4v) is 3.67. The van der Waals surface area contributed by atoms with Gasteiger partial charge in [0.2, 0.25) is 5.13 Å². The van der Waals surface area contributed by atoms with Gasteiger partial charge in [0.1, 0.15) is 5.01 Å². The molecule has 0 atom stereocenters. The highest BCUT2D eigenvalue weighted by Gasteiger charge is 2.16. The quantitative estimate of drug-likeness (QED) is 0.776. The Hall–Kier alpha value is -1.40. The van der Waals surface area contributed by atoms with E-state index in [1.54, 1.807) is 11.8 Å². The van der Waals surface area contributed by atoms with Crippen LogP contribution < -0.4 is 5.32 Å². The van der Waals surface area contributed by atoms with Crippen LogP contribution in [0.3, 0.4) is 0 Å². The zero-order chi connectivity index (χ0) is 16.1. The molecule has 1 amide bonds. The lowest BCUT2D eigenvalue weighted by atomic mass is 10.1. The molecule has 0 unspecified atom stereocenters. The molecule has 4 nitrogen and oxygen atoms in total. The van der Waals surface area contributed by atoms with Crippen molar-refractivity contribution in [1.29, 1.82) is 0 Å². The van der Waals surface area contributed by atoms with E-state index >= 15 is 0 Å². The lowest BCUT2D eigenvalue weighted by molar-refractivity contribution is 0.102. The Morgan fingerprint density at radius 2 is 2.05 bits per heavy atom. The maximum atomic E-state index is 12.4. The number of carbonyl (C=O) groups excluding carboxylic acids is 1. The van der Waals surface area contributed by atoms with Gasteiger partial charge < -0.3 is 0 Å². The summed E-state index contributed by atoms with van der Waals surface area (Å²) in [6.07, 6.45) is 4.07. The van der Waals surface area contributed by atoms with Crippen molar-refractivity contribution in [3.05, 3.63) is 34.3 Å². The van der Waals surface area contributed by atoms with Crippen LogP contribution in [0.4, 0.5) is 5.13 Å². The Balaban J connectivity index is 2.15. The average molecular weight is 335 g/mol. The van der Waals surface area contributed by atoms with E-state index in [2.05, 4.69) is 29.4 Å². The molecule has 0 aliphatic carbocycles. The number of carbonyl (C=O) groups is 1. The molecule has 1 aromatic heterocycles. The standard InChI is InChI=1S/C16H21N3OS2/c1-5-11(6-2)15-18-19-16(22-15)17-14(20)13-9-12(21-4)8-7-10(13)3/h7-9,11H,5-6H2,1-4H3,(H,17,19,20). The minimum absolute atomic E-state index is 0.124. The van der Waals surface area contributed by atoms with E-state index in [1.807, 2.05) is 31.4 Å². The molecule has 0 spiro atoms. The summed E-state index contributed by atoms with van der Waals surface area (Å²) in [5.74, 6) is 0.297. The van der Waals surface area contributed by atoms with Crippen LogP contribution in [0.2, 0.25) is 0 Å². The number of hydrogen-bond acceptors (Lipinski definition) is 5. The first kappa shape index (κ1) is 17.0. The lowest BCUT2D eigenvalue weighted by Gasteiger charge is -2.07. The van der Waals surface area contributed by atoms with Crippen molar-refractivity contribution in [2.45, 2.75) is 44.4 Å². The Morgan fingerprint density at radius 1 is 1.32 bits per heavy atom. The Bertz CT molecular complexity index is 651. The highest BCUT2D eigenvalue weighted by molar-refractivity contribution is 7.98. The summed E-state index contributed by atoms with van der Waals surface area (Å²) in [7, 11) is 0. The molecular weight excluding hydrogens is 314 g/mol. The summed E-state index contributed by atoms with van der Waals surface area (Å²) in [6, 6.07) is 5.90. The second kappa shape index (κ2) is 7.74. The van der Waals surface area contributed by atoms with Gasteiger partial charge >= 0.3 is 0 Å². The van der Waals surface area contributed by atoms with Crippen molar-refractivity contribution < 1.29 is 4.79 Å². The van der Waals surface area contributed by atoms with Gasteiger partial charge in [0.05, 0.1) is 0 Å². The molecule has 0 bridgehead atoms. The predicted octanol–water partition coefficient (Wildman–Crippen LogP) is 4.72. The van der Waals surface area contributed by atoms with Crippen molar-refractivity contribution in [2.75, 3.05) is 11.6 Å². The van der Waals surface area contributed by atoms with Crippen LogP contribution >= 0.6 is 23.1 Å². The van der Waals surface area contributed by atoms with Gasteiger partial charge in [0.15, 0.2) is 0 Å². The normalized spacial score (nSPS) is 11.0. The van der Waals surface area contributed by atoms with Crippen LogP contribution in [-0.2, 0) is 0 Å². The number of aryl methyl sites for hydroxylation is 1. The van der Waals surface area contributed by atoms with E-state index in [0.717, 1.165) is 28.3 Å². The fourth-order valence-electron chi connectivity index (χ4n) is 2.23. The molecule has 1 aromatic carbocycles. The van der Waals surface area contributed by atoms with E-state index in [0.29, 0.717) is 16.6 Å². The van der Waals surface area contributed by atoms with E-state index in [1.165, 1.54) is 11.3 Å². The molecule has 0 saturated heterocycles. The highest BCUT2D eigenvalue weighted by Crippen LogP contribution is 2.28. The number of anilines is 1. The maximum Gasteiger partial charge on any atom is 0.257 e. The molecule has 118 valence electrons. The van der Waals surface area contributed by atoms with Crippen LogP contribution in [0, 0.1) is 6.92 Å². The molecule has 0 fully saturated rings. The number of benzene rings is 1. The monoisotopic (exact) mass is 335 g/mol. The molecule has 2 aromatic rings. The minimum Gasteiger partial charge on any atom is -0.296 e. The van der Waals surface area contributed by atoms with Crippen molar-refractivity contribution in [3.8, 4) is 0 Å². The van der Waals surface area contributed by atoms with Gasteiger partial charge in [-0.25, -0.2) is 0 Å². The smallest absolute Gasteiger partial charge is 0.257 e. The van der Waals surface area contributed by atoms with Gasteiger partial charge in [-0.2, -0.15) is 0 Å². The zero-order valence-electron chi connectivity index (χ0n) is 13.3. The first-order valence-corrected chi connectivity index (χ1v) is 9.42. The number of aromatic nitrogens is 2.